The fourth-order valence-corrected chi connectivity index (χ4v) is 3.68. The Morgan fingerprint density at radius 2 is 1.73 bits per heavy atom. The molecule has 33 heavy (non-hydrogen) atoms. The van der Waals surface area contributed by atoms with E-state index in [4.69, 9.17) is 15.2 Å². The topological polar surface area (TPSA) is 108 Å². The Labute approximate surface area is 193 Å². The molecule has 174 valence electrons. The lowest BCUT2D eigenvalue weighted by molar-refractivity contribution is 0.0948. The van der Waals surface area contributed by atoms with Crippen LogP contribution in [-0.2, 0) is 0 Å². The van der Waals surface area contributed by atoms with Gasteiger partial charge in [0, 0.05) is 17.8 Å². The van der Waals surface area contributed by atoms with Crippen LogP contribution in [0.4, 0.5) is 17.6 Å². The second-order valence-electron chi connectivity index (χ2n) is 8.25. The molecule has 1 saturated heterocycles. The third kappa shape index (κ3) is 6.01. The number of benzene rings is 2. The van der Waals surface area contributed by atoms with Crippen molar-refractivity contribution < 1.29 is 14.3 Å². The normalized spacial score (nSPS) is 13.9. The molecule has 0 saturated carbocycles. The molecule has 1 aliphatic heterocycles. The van der Waals surface area contributed by atoms with Gasteiger partial charge >= 0.3 is 0 Å². The summed E-state index contributed by atoms with van der Waals surface area (Å²) in [4.78, 5) is 19.6. The molecule has 0 spiro atoms. The Hall–Kier alpha value is -3.59. The number of carbonyl (C=O) groups is 1. The van der Waals surface area contributed by atoms with E-state index in [9.17, 15) is 4.79 Å². The van der Waals surface area contributed by atoms with Crippen molar-refractivity contribution in [2.45, 2.75) is 32.8 Å². The molecule has 2 heterocycles. The standard InChI is InChI=1S/C24H30N6O3/c1-17(2)33-21-9-5-18(6-10-21)22(31)30-24(27-23(25)28-30)26-19-7-11-20(12-8-19)32-16-15-29-13-3-4-14-29/h5-12,17H,3-4,13-16H2,1-2H3,(H3,25,26,27,28). The predicted molar refractivity (Wildman–Crippen MR) is 127 cm³/mol. The molecule has 9 heteroatoms. The maximum absolute atomic E-state index is 13.0. The number of likely N-dealkylation sites (tertiary alicyclic amines) is 1. The van der Waals surface area contributed by atoms with Gasteiger partial charge in [0.05, 0.1) is 6.10 Å². The second kappa shape index (κ2) is 10.4. The molecule has 0 bridgehead atoms. The van der Waals surface area contributed by atoms with Crippen molar-refractivity contribution in [1.82, 2.24) is 19.7 Å². The second-order valence-corrected chi connectivity index (χ2v) is 8.25. The van der Waals surface area contributed by atoms with Crippen LogP contribution in [0.15, 0.2) is 48.5 Å². The molecule has 4 rings (SSSR count). The molecular formula is C24H30N6O3. The van der Waals surface area contributed by atoms with E-state index in [0.717, 1.165) is 35.8 Å². The summed E-state index contributed by atoms with van der Waals surface area (Å²) >= 11 is 0. The lowest BCUT2D eigenvalue weighted by atomic mass is 10.2. The van der Waals surface area contributed by atoms with Gasteiger partial charge in [-0.15, -0.1) is 5.10 Å². The zero-order chi connectivity index (χ0) is 23.2. The first-order valence-corrected chi connectivity index (χ1v) is 11.2. The van der Waals surface area contributed by atoms with E-state index in [2.05, 4.69) is 20.3 Å². The maximum Gasteiger partial charge on any atom is 0.281 e. The minimum Gasteiger partial charge on any atom is -0.492 e. The monoisotopic (exact) mass is 450 g/mol. The van der Waals surface area contributed by atoms with Crippen molar-refractivity contribution >= 4 is 23.5 Å². The number of carbonyl (C=O) groups excluding carboxylic acids is 1. The van der Waals surface area contributed by atoms with Gasteiger partial charge < -0.3 is 20.5 Å². The SMILES string of the molecule is CC(C)Oc1ccc(C(=O)n2nc(N)nc2Nc2ccc(OCCN3CCCC3)cc2)cc1. The van der Waals surface area contributed by atoms with Gasteiger partial charge in [0.15, 0.2) is 0 Å². The summed E-state index contributed by atoms with van der Waals surface area (Å²) in [5.41, 5.74) is 6.96. The summed E-state index contributed by atoms with van der Waals surface area (Å²) in [6.07, 6.45) is 2.60. The lowest BCUT2D eigenvalue weighted by Crippen LogP contribution is -2.25. The van der Waals surface area contributed by atoms with E-state index in [1.54, 1.807) is 24.3 Å². The number of nitrogens with one attached hydrogen (secondary N) is 1. The first-order valence-electron chi connectivity index (χ1n) is 11.2. The van der Waals surface area contributed by atoms with E-state index in [1.165, 1.54) is 12.8 Å². The number of nitrogens with two attached hydrogens (primary N) is 1. The Kier molecular flexibility index (Phi) is 7.09. The Bertz CT molecular complexity index is 1060. The quantitative estimate of drug-likeness (QED) is 0.510. The van der Waals surface area contributed by atoms with Crippen molar-refractivity contribution in [3.63, 3.8) is 0 Å². The smallest absolute Gasteiger partial charge is 0.281 e. The van der Waals surface area contributed by atoms with Crippen LogP contribution in [0.25, 0.3) is 0 Å². The van der Waals surface area contributed by atoms with Crippen LogP contribution in [0.5, 0.6) is 11.5 Å². The number of aromatic nitrogens is 3. The largest absolute Gasteiger partial charge is 0.492 e. The van der Waals surface area contributed by atoms with Crippen LogP contribution in [0.3, 0.4) is 0 Å². The number of hydrogen-bond acceptors (Lipinski definition) is 8. The maximum atomic E-state index is 13.0. The minimum absolute atomic E-state index is 0.00692. The summed E-state index contributed by atoms with van der Waals surface area (Å²) in [5, 5.41) is 7.17. The third-order valence-electron chi connectivity index (χ3n) is 5.27. The highest BCUT2D eigenvalue weighted by atomic mass is 16.5. The zero-order valence-electron chi connectivity index (χ0n) is 19.0. The summed E-state index contributed by atoms with van der Waals surface area (Å²) < 4.78 is 12.6. The molecule has 2 aromatic carbocycles. The van der Waals surface area contributed by atoms with E-state index < -0.39 is 0 Å². The lowest BCUT2D eigenvalue weighted by Gasteiger charge is -2.15. The Morgan fingerprint density at radius 1 is 1.06 bits per heavy atom. The number of nitrogens with zero attached hydrogens (tertiary/aromatic N) is 4. The highest BCUT2D eigenvalue weighted by molar-refractivity contribution is 5.97. The van der Waals surface area contributed by atoms with Crippen LogP contribution >= 0.6 is 0 Å². The van der Waals surface area contributed by atoms with Crippen LogP contribution in [0.2, 0.25) is 0 Å². The van der Waals surface area contributed by atoms with Crippen molar-refractivity contribution in [1.29, 1.82) is 0 Å². The van der Waals surface area contributed by atoms with Gasteiger partial charge in [-0.1, -0.05) is 0 Å². The van der Waals surface area contributed by atoms with Crippen molar-refractivity contribution in [2.75, 3.05) is 37.3 Å². The number of anilines is 3. The van der Waals surface area contributed by atoms with Crippen LogP contribution in [-0.4, -0.2) is 57.9 Å². The molecule has 1 aromatic heterocycles. The van der Waals surface area contributed by atoms with E-state index >= 15 is 0 Å². The number of hydrogen-bond donors (Lipinski definition) is 2. The van der Waals surface area contributed by atoms with E-state index in [0.29, 0.717) is 17.9 Å². The first kappa shape index (κ1) is 22.6. The highest BCUT2D eigenvalue weighted by Gasteiger charge is 2.17. The molecule has 0 amide bonds. The summed E-state index contributed by atoms with van der Waals surface area (Å²) in [5.74, 6) is 1.39. The van der Waals surface area contributed by atoms with Gasteiger partial charge in [-0.3, -0.25) is 9.69 Å². The van der Waals surface area contributed by atoms with Crippen molar-refractivity contribution in [3.05, 3.63) is 54.1 Å². The predicted octanol–water partition coefficient (Wildman–Crippen LogP) is 3.55. The number of rotatable bonds is 9. The highest BCUT2D eigenvalue weighted by Crippen LogP contribution is 2.21. The minimum atomic E-state index is -0.348. The molecule has 0 atom stereocenters. The Balaban J connectivity index is 1.39. The molecule has 0 aliphatic carbocycles. The molecule has 1 fully saturated rings. The fourth-order valence-electron chi connectivity index (χ4n) is 3.68. The summed E-state index contributed by atoms with van der Waals surface area (Å²) in [6, 6.07) is 14.4. The first-order chi connectivity index (χ1) is 16.0. The van der Waals surface area contributed by atoms with Gasteiger partial charge in [-0.05, 0) is 88.3 Å². The van der Waals surface area contributed by atoms with E-state index in [1.807, 2.05) is 38.1 Å². The zero-order valence-corrected chi connectivity index (χ0v) is 19.0. The molecule has 0 radical (unpaired) electrons. The van der Waals surface area contributed by atoms with Gasteiger partial charge in [0.25, 0.3) is 5.91 Å². The summed E-state index contributed by atoms with van der Waals surface area (Å²) in [6.45, 7) is 7.81. The molecule has 3 N–H and O–H groups in total. The molecule has 0 unspecified atom stereocenters. The molecule has 9 nitrogen and oxygen atoms in total. The van der Waals surface area contributed by atoms with Gasteiger partial charge in [0.2, 0.25) is 11.9 Å². The van der Waals surface area contributed by atoms with Gasteiger partial charge in [-0.2, -0.15) is 9.67 Å². The fraction of sp³-hybridized carbons (Fsp3) is 0.375. The van der Waals surface area contributed by atoms with Crippen LogP contribution in [0, 0.1) is 0 Å². The average Bonchev–Trinajstić information content (AvgIpc) is 3.44. The molecule has 3 aromatic rings. The summed E-state index contributed by atoms with van der Waals surface area (Å²) in [7, 11) is 0. The molecule has 1 aliphatic rings. The van der Waals surface area contributed by atoms with Gasteiger partial charge in [-0.25, -0.2) is 0 Å². The molecular weight excluding hydrogens is 420 g/mol. The van der Waals surface area contributed by atoms with Crippen molar-refractivity contribution in [3.8, 4) is 11.5 Å². The van der Waals surface area contributed by atoms with Crippen LogP contribution in [0.1, 0.15) is 37.0 Å². The average molecular weight is 451 g/mol. The third-order valence-corrected chi connectivity index (χ3v) is 5.27. The van der Waals surface area contributed by atoms with Crippen molar-refractivity contribution in [2.24, 2.45) is 0 Å². The number of ether oxygens (including phenoxy) is 2. The van der Waals surface area contributed by atoms with E-state index in [-0.39, 0.29) is 23.9 Å². The van der Waals surface area contributed by atoms with Gasteiger partial charge in [0.1, 0.15) is 18.1 Å². The van der Waals surface area contributed by atoms with Crippen LogP contribution < -0.4 is 20.5 Å². The number of nitrogen functional groups attached to an aromatic ring is 1. The Morgan fingerprint density at radius 3 is 2.39 bits per heavy atom.